The average molecular weight is 244 g/mol. The van der Waals surface area contributed by atoms with Gasteiger partial charge in [0.25, 0.3) is 0 Å². The van der Waals surface area contributed by atoms with Crippen molar-refractivity contribution in [3.05, 3.63) is 0 Å². The summed E-state index contributed by atoms with van der Waals surface area (Å²) in [5.41, 5.74) is 0. The van der Waals surface area contributed by atoms with Crippen LogP contribution in [0.25, 0.3) is 0 Å². The van der Waals surface area contributed by atoms with Gasteiger partial charge in [-0.2, -0.15) is 0 Å². The van der Waals surface area contributed by atoms with E-state index in [-0.39, 0.29) is 24.5 Å². The molecule has 1 aliphatic heterocycles. The predicted octanol–water partition coefficient (Wildman–Crippen LogP) is 0.786. The molecule has 1 saturated heterocycles. The van der Waals surface area contributed by atoms with Crippen molar-refractivity contribution in [1.82, 2.24) is 10.2 Å². The molecule has 5 nitrogen and oxygen atoms in total. The van der Waals surface area contributed by atoms with E-state index >= 15 is 0 Å². The van der Waals surface area contributed by atoms with Crippen LogP contribution in [0, 0.1) is 0 Å². The second-order valence-corrected chi connectivity index (χ2v) is 3.73. The van der Waals surface area contributed by atoms with Crippen molar-refractivity contribution >= 4 is 11.8 Å². The number of carbonyl (C=O) groups excluding carboxylic acids is 2. The molecule has 0 aromatic carbocycles. The van der Waals surface area contributed by atoms with Gasteiger partial charge in [-0.05, 0) is 12.8 Å². The van der Waals surface area contributed by atoms with E-state index < -0.39 is 0 Å². The smallest absolute Gasteiger partial charge is 0.241 e. The van der Waals surface area contributed by atoms with Crippen LogP contribution >= 0.6 is 0 Å². The van der Waals surface area contributed by atoms with Gasteiger partial charge in [-0.25, -0.2) is 0 Å². The summed E-state index contributed by atoms with van der Waals surface area (Å²) < 4.78 is 5.21. The Bertz CT molecular complexity index is 236. The van der Waals surface area contributed by atoms with E-state index in [0.717, 1.165) is 25.9 Å². The van der Waals surface area contributed by atoms with Gasteiger partial charge in [0.1, 0.15) is 0 Å². The summed E-state index contributed by atoms with van der Waals surface area (Å²) in [6.45, 7) is 6.95. The average Bonchev–Trinajstić information content (AvgIpc) is 2.38. The van der Waals surface area contributed by atoms with E-state index in [1.807, 2.05) is 13.8 Å². The zero-order valence-electron chi connectivity index (χ0n) is 11.3. The molecule has 0 bridgehead atoms. The van der Waals surface area contributed by atoms with E-state index in [9.17, 15) is 9.59 Å². The van der Waals surface area contributed by atoms with Gasteiger partial charge in [-0.1, -0.05) is 13.8 Å². The number of hydrogen-bond donors (Lipinski definition) is 1. The van der Waals surface area contributed by atoms with Crippen molar-refractivity contribution < 1.29 is 14.3 Å². The minimum Gasteiger partial charge on any atom is -0.381 e. The number of nitrogens with zero attached hydrogens (tertiary/aromatic N) is 1. The van der Waals surface area contributed by atoms with Crippen LogP contribution < -0.4 is 5.32 Å². The van der Waals surface area contributed by atoms with Crippen LogP contribution in [-0.2, 0) is 14.3 Å². The minimum absolute atomic E-state index is 0.0141. The number of hydrogen-bond acceptors (Lipinski definition) is 3. The van der Waals surface area contributed by atoms with Crippen molar-refractivity contribution in [3.63, 3.8) is 0 Å². The fraction of sp³-hybridized carbons (Fsp3) is 0.833. The van der Waals surface area contributed by atoms with E-state index in [4.69, 9.17) is 4.74 Å². The first-order valence-electron chi connectivity index (χ1n) is 6.18. The highest BCUT2D eigenvalue weighted by atomic mass is 16.5. The van der Waals surface area contributed by atoms with Crippen LogP contribution in [0.5, 0.6) is 0 Å². The molecule has 1 aliphatic rings. The summed E-state index contributed by atoms with van der Waals surface area (Å²) >= 11 is 0. The topological polar surface area (TPSA) is 58.6 Å². The number of carbonyl (C=O) groups is 2. The molecule has 17 heavy (non-hydrogen) atoms. The summed E-state index contributed by atoms with van der Waals surface area (Å²) in [5, 5.41) is 2.51. The fourth-order valence-corrected chi connectivity index (χ4v) is 1.65. The van der Waals surface area contributed by atoms with Crippen molar-refractivity contribution in [1.29, 1.82) is 0 Å². The summed E-state index contributed by atoms with van der Waals surface area (Å²) in [6.07, 6.45) is 2.03. The number of likely N-dealkylation sites (tertiary alicyclic amines) is 1. The molecule has 0 aliphatic carbocycles. The molecular weight excluding hydrogens is 220 g/mol. The summed E-state index contributed by atoms with van der Waals surface area (Å²) in [6, 6.07) is 0. The maximum absolute atomic E-state index is 11.6. The van der Waals surface area contributed by atoms with E-state index in [1.165, 1.54) is 6.92 Å². The van der Waals surface area contributed by atoms with Crippen LogP contribution in [0.15, 0.2) is 0 Å². The fourth-order valence-electron chi connectivity index (χ4n) is 1.65. The first-order chi connectivity index (χ1) is 8.13. The maximum atomic E-state index is 11.6. The number of rotatable bonds is 3. The molecule has 0 spiro atoms. The molecule has 100 valence electrons. The molecule has 2 amide bonds. The summed E-state index contributed by atoms with van der Waals surface area (Å²) in [5.74, 6) is -0.185. The third kappa shape index (κ3) is 6.26. The van der Waals surface area contributed by atoms with Gasteiger partial charge >= 0.3 is 0 Å². The molecule has 0 radical (unpaired) electrons. The van der Waals surface area contributed by atoms with Crippen LogP contribution in [0.2, 0.25) is 0 Å². The lowest BCUT2D eigenvalue weighted by molar-refractivity contribution is -0.134. The standard InChI is InChI=1S/C10H18N2O3.C2H6/c1-8(13)11-7-10(14)12-5-3-9(15-2)4-6-12;1-2/h9H,3-7H2,1-2H3,(H,11,13);1-2H3. The highest BCUT2D eigenvalue weighted by Gasteiger charge is 2.22. The lowest BCUT2D eigenvalue weighted by Gasteiger charge is -2.31. The number of amides is 2. The SMILES string of the molecule is CC.COC1CCN(C(=O)CNC(C)=O)CC1. The highest BCUT2D eigenvalue weighted by Crippen LogP contribution is 2.12. The summed E-state index contributed by atoms with van der Waals surface area (Å²) in [4.78, 5) is 24.0. The molecule has 0 aromatic heterocycles. The van der Waals surface area contributed by atoms with Gasteiger partial charge in [0.15, 0.2) is 0 Å². The molecule has 0 atom stereocenters. The lowest BCUT2D eigenvalue weighted by Crippen LogP contribution is -2.45. The van der Waals surface area contributed by atoms with Crippen LogP contribution in [0.1, 0.15) is 33.6 Å². The van der Waals surface area contributed by atoms with Crippen LogP contribution in [-0.4, -0.2) is 49.6 Å². The Labute approximate surface area is 103 Å². The molecule has 1 heterocycles. The highest BCUT2D eigenvalue weighted by molar-refractivity contribution is 5.83. The molecule has 5 heteroatoms. The van der Waals surface area contributed by atoms with E-state index in [1.54, 1.807) is 12.0 Å². The molecule has 1 rings (SSSR count). The van der Waals surface area contributed by atoms with Gasteiger partial charge < -0.3 is 15.0 Å². The Morgan fingerprint density at radius 3 is 2.24 bits per heavy atom. The Morgan fingerprint density at radius 2 is 1.82 bits per heavy atom. The first kappa shape index (κ1) is 15.9. The third-order valence-electron chi connectivity index (χ3n) is 2.62. The third-order valence-corrected chi connectivity index (χ3v) is 2.62. The van der Waals surface area contributed by atoms with Gasteiger partial charge in [-0.15, -0.1) is 0 Å². The van der Waals surface area contributed by atoms with Crippen molar-refractivity contribution in [3.8, 4) is 0 Å². The van der Waals surface area contributed by atoms with Gasteiger partial charge in [0.05, 0.1) is 12.6 Å². The number of ether oxygens (including phenoxy) is 1. The van der Waals surface area contributed by atoms with Crippen LogP contribution in [0.4, 0.5) is 0 Å². The van der Waals surface area contributed by atoms with E-state index in [0.29, 0.717) is 0 Å². The number of methoxy groups -OCH3 is 1. The van der Waals surface area contributed by atoms with Gasteiger partial charge in [0, 0.05) is 27.1 Å². The van der Waals surface area contributed by atoms with Gasteiger partial charge in [-0.3, -0.25) is 9.59 Å². The monoisotopic (exact) mass is 244 g/mol. The van der Waals surface area contributed by atoms with E-state index in [2.05, 4.69) is 5.32 Å². The first-order valence-corrected chi connectivity index (χ1v) is 6.18. The zero-order valence-corrected chi connectivity index (χ0v) is 11.3. The lowest BCUT2D eigenvalue weighted by atomic mass is 10.1. The number of nitrogens with one attached hydrogen (secondary N) is 1. The molecule has 1 fully saturated rings. The van der Waals surface area contributed by atoms with Gasteiger partial charge in [0.2, 0.25) is 11.8 Å². The second-order valence-electron chi connectivity index (χ2n) is 3.73. The van der Waals surface area contributed by atoms with Crippen LogP contribution in [0.3, 0.4) is 0 Å². The normalized spacial score (nSPS) is 15.9. The molecule has 1 N–H and O–H groups in total. The Morgan fingerprint density at radius 1 is 1.29 bits per heavy atom. The molecule has 0 aromatic rings. The van der Waals surface area contributed by atoms with Crippen molar-refractivity contribution in [2.45, 2.75) is 39.7 Å². The number of piperidine rings is 1. The second kappa shape index (κ2) is 8.98. The molecule has 0 saturated carbocycles. The largest absolute Gasteiger partial charge is 0.381 e. The quantitative estimate of drug-likeness (QED) is 0.798. The summed E-state index contributed by atoms with van der Waals surface area (Å²) in [7, 11) is 1.69. The Hall–Kier alpha value is -1.10. The van der Waals surface area contributed by atoms with Crippen molar-refractivity contribution in [2.24, 2.45) is 0 Å². The minimum atomic E-state index is -0.171. The zero-order chi connectivity index (χ0) is 13.3. The Kier molecular flexibility index (Phi) is 8.40. The molecular formula is C12H24N2O3. The predicted molar refractivity (Wildman–Crippen MR) is 66.6 cm³/mol. The molecule has 0 unspecified atom stereocenters. The maximum Gasteiger partial charge on any atom is 0.241 e. The van der Waals surface area contributed by atoms with Crippen molar-refractivity contribution in [2.75, 3.05) is 26.7 Å². The Balaban J connectivity index is 0.00000121.